The number of carbonyl (C=O) groups excluding carboxylic acids is 1. The molecule has 7 heteroatoms. The van der Waals surface area contributed by atoms with E-state index in [-0.39, 0.29) is 17.2 Å². The fourth-order valence-electron chi connectivity index (χ4n) is 3.63. The molecule has 33 heavy (non-hydrogen) atoms. The molecule has 0 bridgehead atoms. The fraction of sp³-hybridized carbons (Fsp3) is 0.308. The van der Waals surface area contributed by atoms with Gasteiger partial charge in [-0.3, -0.25) is 4.79 Å². The van der Waals surface area contributed by atoms with Gasteiger partial charge in [0.05, 0.1) is 6.10 Å². The van der Waals surface area contributed by atoms with Crippen LogP contribution in [0.4, 0.5) is 5.82 Å². The van der Waals surface area contributed by atoms with E-state index in [0.717, 1.165) is 11.1 Å². The summed E-state index contributed by atoms with van der Waals surface area (Å²) in [6.45, 7) is 4.97. The molecule has 0 saturated heterocycles. The van der Waals surface area contributed by atoms with Crippen LogP contribution in [0.1, 0.15) is 47.0 Å². The number of amides is 1. The van der Waals surface area contributed by atoms with Crippen LogP contribution in [0.25, 0.3) is 0 Å². The number of benzene rings is 2. The molecule has 0 saturated carbocycles. The van der Waals surface area contributed by atoms with Gasteiger partial charge in [-0.15, -0.1) is 0 Å². The van der Waals surface area contributed by atoms with Crippen molar-refractivity contribution in [3.63, 3.8) is 0 Å². The summed E-state index contributed by atoms with van der Waals surface area (Å²) in [7, 11) is 0. The number of β-amino-alcohol motifs (C(OH)–C–C–N with tert-alkyl or cyclic N) is 1. The topological polar surface area (TPSA) is 120 Å². The summed E-state index contributed by atoms with van der Waals surface area (Å²) in [4.78, 5) is 16.6. The Kier molecular flexibility index (Phi) is 8.03. The number of nitrogens with two attached hydrogens (primary N) is 1. The highest BCUT2D eigenvalue weighted by Crippen LogP contribution is 2.17. The van der Waals surface area contributed by atoms with Crippen molar-refractivity contribution in [1.82, 2.24) is 15.6 Å². The van der Waals surface area contributed by atoms with E-state index >= 15 is 0 Å². The Balaban J connectivity index is 1.52. The predicted octanol–water partition coefficient (Wildman–Crippen LogP) is 2.99. The largest absolute Gasteiger partial charge is 0.508 e. The lowest BCUT2D eigenvalue weighted by Crippen LogP contribution is -2.43. The normalized spacial score (nSPS) is 12.3. The van der Waals surface area contributed by atoms with Gasteiger partial charge >= 0.3 is 0 Å². The lowest BCUT2D eigenvalue weighted by molar-refractivity contribution is 0.0954. The summed E-state index contributed by atoms with van der Waals surface area (Å²) in [5.74, 6) is 0.511. The van der Waals surface area contributed by atoms with Crippen LogP contribution in [0, 0.1) is 0 Å². The van der Waals surface area contributed by atoms with Crippen molar-refractivity contribution in [2.75, 3.05) is 18.8 Å². The maximum Gasteiger partial charge on any atom is 0.251 e. The van der Waals surface area contributed by atoms with E-state index in [1.807, 2.05) is 24.3 Å². The van der Waals surface area contributed by atoms with Crippen LogP contribution in [0.3, 0.4) is 0 Å². The van der Waals surface area contributed by atoms with Crippen molar-refractivity contribution >= 4 is 11.7 Å². The first-order valence-corrected chi connectivity index (χ1v) is 11.0. The number of nitrogens with one attached hydrogen (secondary N) is 2. The average molecular weight is 449 g/mol. The molecule has 0 aliphatic heterocycles. The third-order valence-corrected chi connectivity index (χ3v) is 5.41. The van der Waals surface area contributed by atoms with Crippen molar-refractivity contribution in [2.24, 2.45) is 0 Å². The van der Waals surface area contributed by atoms with Crippen LogP contribution in [0.5, 0.6) is 5.75 Å². The number of carbonyl (C=O) groups is 1. The van der Waals surface area contributed by atoms with Gasteiger partial charge in [-0.2, -0.15) is 0 Å². The number of aliphatic hydroxyl groups excluding tert-OH is 1. The van der Waals surface area contributed by atoms with Crippen LogP contribution in [0.15, 0.2) is 66.9 Å². The van der Waals surface area contributed by atoms with E-state index < -0.39 is 6.10 Å². The highest BCUT2D eigenvalue weighted by molar-refractivity contribution is 5.94. The minimum atomic E-state index is -0.694. The van der Waals surface area contributed by atoms with Crippen molar-refractivity contribution in [1.29, 1.82) is 0 Å². The zero-order chi connectivity index (χ0) is 23.8. The highest BCUT2D eigenvalue weighted by atomic mass is 16.3. The number of aliphatic hydroxyl groups is 1. The lowest BCUT2D eigenvalue weighted by Gasteiger charge is -2.28. The van der Waals surface area contributed by atoms with Crippen LogP contribution in [-0.4, -0.2) is 39.7 Å². The fourth-order valence-corrected chi connectivity index (χ4v) is 3.63. The Bertz CT molecular complexity index is 1070. The van der Waals surface area contributed by atoms with Gasteiger partial charge in [0.2, 0.25) is 0 Å². The summed E-state index contributed by atoms with van der Waals surface area (Å²) in [6, 6.07) is 18.0. The van der Waals surface area contributed by atoms with E-state index in [4.69, 9.17) is 5.73 Å². The number of aromatic hydroxyl groups is 1. The van der Waals surface area contributed by atoms with Gasteiger partial charge in [0.25, 0.3) is 5.91 Å². The molecule has 7 nitrogen and oxygen atoms in total. The zero-order valence-corrected chi connectivity index (χ0v) is 19.1. The minimum Gasteiger partial charge on any atom is -0.508 e. The van der Waals surface area contributed by atoms with Crippen LogP contribution in [0.2, 0.25) is 0 Å². The second-order valence-corrected chi connectivity index (χ2v) is 8.85. The summed E-state index contributed by atoms with van der Waals surface area (Å²) < 4.78 is 0. The molecule has 1 amide bonds. The summed E-state index contributed by atoms with van der Waals surface area (Å²) in [5, 5.41) is 26.3. The Morgan fingerprint density at radius 2 is 1.85 bits per heavy atom. The standard InChI is InChI=1S/C26H32N4O3/c1-26(2,30-17-23(32)21-9-10-24(27)29-16-21)15-19-6-3-7-20(13-19)25(33)28-12-11-18-5-4-8-22(31)14-18/h3-10,13-14,16,23,30-32H,11-12,15,17H2,1-2H3,(H2,27,29)(H,28,33)/t23-/m0/s1. The van der Waals surface area contributed by atoms with Crippen molar-refractivity contribution in [2.45, 2.75) is 38.3 Å². The number of hydrogen-bond acceptors (Lipinski definition) is 6. The van der Waals surface area contributed by atoms with Crippen LogP contribution < -0.4 is 16.4 Å². The molecule has 1 heterocycles. The van der Waals surface area contributed by atoms with Gasteiger partial charge in [0.15, 0.2) is 0 Å². The van der Waals surface area contributed by atoms with Crippen LogP contribution in [-0.2, 0) is 12.8 Å². The minimum absolute atomic E-state index is 0.131. The quantitative estimate of drug-likeness (QED) is 0.325. The molecular weight excluding hydrogens is 416 g/mol. The number of rotatable bonds is 10. The Morgan fingerprint density at radius 3 is 2.58 bits per heavy atom. The molecule has 0 unspecified atom stereocenters. The van der Waals surface area contributed by atoms with E-state index in [9.17, 15) is 15.0 Å². The summed E-state index contributed by atoms with van der Waals surface area (Å²) >= 11 is 0. The summed E-state index contributed by atoms with van der Waals surface area (Å²) in [5.41, 5.74) is 8.60. The number of anilines is 1. The maximum absolute atomic E-state index is 12.6. The SMILES string of the molecule is CC(C)(Cc1cccc(C(=O)NCCc2cccc(O)c2)c1)NC[C@H](O)c1ccc(N)nc1. The number of nitrogens with zero attached hydrogens (tertiary/aromatic N) is 1. The molecule has 1 atom stereocenters. The molecule has 0 aliphatic carbocycles. The summed E-state index contributed by atoms with van der Waals surface area (Å²) in [6.07, 6.45) is 2.21. The van der Waals surface area contributed by atoms with Gasteiger partial charge in [0, 0.05) is 36.0 Å². The number of phenolic OH excluding ortho intramolecular Hbond substituents is 1. The molecular formula is C26H32N4O3. The third kappa shape index (κ3) is 7.59. The van der Waals surface area contributed by atoms with E-state index in [0.29, 0.717) is 42.9 Å². The van der Waals surface area contributed by atoms with Crippen molar-refractivity contribution in [3.05, 3.63) is 89.1 Å². The molecule has 0 fully saturated rings. The van der Waals surface area contributed by atoms with Gasteiger partial charge in [-0.1, -0.05) is 30.3 Å². The van der Waals surface area contributed by atoms with Gasteiger partial charge < -0.3 is 26.6 Å². The number of nitrogen functional groups attached to an aromatic ring is 1. The maximum atomic E-state index is 12.6. The first-order valence-electron chi connectivity index (χ1n) is 11.0. The van der Waals surface area contributed by atoms with Crippen molar-refractivity contribution < 1.29 is 15.0 Å². The van der Waals surface area contributed by atoms with Crippen molar-refractivity contribution in [3.8, 4) is 5.75 Å². The second-order valence-electron chi connectivity index (χ2n) is 8.85. The number of pyridine rings is 1. The Morgan fingerprint density at radius 1 is 1.09 bits per heavy atom. The lowest BCUT2D eigenvalue weighted by atomic mass is 9.93. The van der Waals surface area contributed by atoms with E-state index in [1.54, 1.807) is 42.6 Å². The van der Waals surface area contributed by atoms with E-state index in [2.05, 4.69) is 29.5 Å². The molecule has 2 aromatic carbocycles. The zero-order valence-electron chi connectivity index (χ0n) is 19.1. The molecule has 3 aromatic rings. The number of aromatic nitrogens is 1. The van der Waals surface area contributed by atoms with Crippen LogP contribution >= 0.6 is 0 Å². The molecule has 174 valence electrons. The molecule has 3 rings (SSSR count). The molecule has 6 N–H and O–H groups in total. The Labute approximate surface area is 194 Å². The number of phenols is 1. The van der Waals surface area contributed by atoms with Gasteiger partial charge in [-0.05, 0) is 68.1 Å². The first-order chi connectivity index (χ1) is 15.7. The first kappa shape index (κ1) is 24.2. The second kappa shape index (κ2) is 10.9. The molecule has 0 aliphatic rings. The smallest absolute Gasteiger partial charge is 0.251 e. The van der Waals surface area contributed by atoms with Gasteiger partial charge in [-0.25, -0.2) is 4.98 Å². The number of hydrogen-bond donors (Lipinski definition) is 5. The van der Waals surface area contributed by atoms with E-state index in [1.165, 1.54) is 0 Å². The van der Waals surface area contributed by atoms with Gasteiger partial charge in [0.1, 0.15) is 11.6 Å². The molecule has 0 spiro atoms. The Hall–Kier alpha value is -3.42. The monoisotopic (exact) mass is 448 g/mol. The third-order valence-electron chi connectivity index (χ3n) is 5.41. The average Bonchev–Trinajstić information content (AvgIpc) is 2.78. The highest BCUT2D eigenvalue weighted by Gasteiger charge is 2.20. The molecule has 0 radical (unpaired) electrons. The molecule has 1 aromatic heterocycles. The predicted molar refractivity (Wildman–Crippen MR) is 130 cm³/mol.